The zero-order chi connectivity index (χ0) is 16.5. The average Bonchev–Trinajstić information content (AvgIpc) is 3.30. The number of carbonyl (C=O) groups excluding carboxylic acids is 2. The van der Waals surface area contributed by atoms with Crippen LogP contribution in [0.15, 0.2) is 41.8 Å². The Morgan fingerprint density at radius 2 is 1.88 bits per heavy atom. The monoisotopic (exact) mass is 340 g/mol. The number of nitrogens with zero attached hydrogens (tertiary/aromatic N) is 4. The van der Waals surface area contributed by atoms with Gasteiger partial charge in [0.05, 0.1) is 10.4 Å². The van der Waals surface area contributed by atoms with Crippen LogP contribution in [0.5, 0.6) is 0 Å². The molecule has 1 saturated heterocycles. The Morgan fingerprint density at radius 3 is 2.62 bits per heavy atom. The van der Waals surface area contributed by atoms with Crippen molar-refractivity contribution in [3.8, 4) is 0 Å². The number of para-hydroxylation sites is 1. The predicted octanol–water partition coefficient (Wildman–Crippen LogP) is 2.69. The number of fused-ring (bicyclic) bond motifs is 1. The molecule has 0 bridgehead atoms. The van der Waals surface area contributed by atoms with Gasteiger partial charge in [0.1, 0.15) is 5.52 Å². The molecule has 3 heterocycles. The molecule has 4 rings (SSSR count). The first-order valence-corrected chi connectivity index (χ1v) is 8.79. The van der Waals surface area contributed by atoms with Gasteiger partial charge in [-0.3, -0.25) is 9.59 Å². The average molecular weight is 340 g/mol. The van der Waals surface area contributed by atoms with Gasteiger partial charge in [-0.2, -0.15) is 4.68 Å². The molecular formula is C17H16N4O2S. The second-order valence-corrected chi connectivity index (χ2v) is 6.82. The van der Waals surface area contributed by atoms with E-state index in [2.05, 4.69) is 10.3 Å². The topological polar surface area (TPSA) is 68.1 Å². The molecule has 1 amide bonds. The van der Waals surface area contributed by atoms with Crippen LogP contribution in [0.25, 0.3) is 11.0 Å². The Balaban J connectivity index is 1.46. The third kappa shape index (κ3) is 2.60. The largest absolute Gasteiger partial charge is 0.338 e. The Kier molecular flexibility index (Phi) is 3.86. The lowest BCUT2D eigenvalue weighted by atomic mass is 9.95. The molecule has 1 aliphatic heterocycles. The highest BCUT2D eigenvalue weighted by Gasteiger charge is 2.30. The lowest BCUT2D eigenvalue weighted by Crippen LogP contribution is -2.41. The van der Waals surface area contributed by atoms with E-state index < -0.39 is 0 Å². The smallest absolute Gasteiger partial charge is 0.263 e. The number of rotatable bonds is 2. The van der Waals surface area contributed by atoms with Crippen LogP contribution in [0.4, 0.5) is 0 Å². The van der Waals surface area contributed by atoms with Crippen molar-refractivity contribution in [1.29, 1.82) is 0 Å². The van der Waals surface area contributed by atoms with E-state index in [1.807, 2.05) is 46.7 Å². The summed E-state index contributed by atoms with van der Waals surface area (Å²) in [5.41, 5.74) is 1.45. The number of aromatic nitrogens is 3. The maximum absolute atomic E-state index is 12.7. The molecule has 0 saturated carbocycles. The zero-order valence-electron chi connectivity index (χ0n) is 13.0. The minimum Gasteiger partial charge on any atom is -0.338 e. The quantitative estimate of drug-likeness (QED) is 0.719. The van der Waals surface area contributed by atoms with Crippen LogP contribution in [0.3, 0.4) is 0 Å². The first kappa shape index (κ1) is 15.0. The van der Waals surface area contributed by atoms with Crippen molar-refractivity contribution in [1.82, 2.24) is 19.9 Å². The molecule has 0 spiro atoms. The van der Waals surface area contributed by atoms with Crippen molar-refractivity contribution in [3.63, 3.8) is 0 Å². The normalized spacial score (nSPS) is 15.8. The van der Waals surface area contributed by atoms with E-state index in [4.69, 9.17) is 0 Å². The van der Waals surface area contributed by atoms with Crippen LogP contribution >= 0.6 is 11.3 Å². The predicted molar refractivity (Wildman–Crippen MR) is 91.1 cm³/mol. The van der Waals surface area contributed by atoms with Gasteiger partial charge in [0.2, 0.25) is 0 Å². The molecule has 2 aromatic heterocycles. The molecule has 7 heteroatoms. The van der Waals surface area contributed by atoms with Crippen molar-refractivity contribution >= 4 is 34.2 Å². The lowest BCUT2D eigenvalue weighted by Gasteiger charge is -2.30. The van der Waals surface area contributed by atoms with Crippen molar-refractivity contribution in [3.05, 3.63) is 46.7 Å². The van der Waals surface area contributed by atoms with E-state index in [1.165, 1.54) is 16.0 Å². The molecule has 122 valence electrons. The van der Waals surface area contributed by atoms with Crippen molar-refractivity contribution in [2.24, 2.45) is 5.92 Å². The van der Waals surface area contributed by atoms with Crippen LogP contribution in [-0.2, 0) is 0 Å². The van der Waals surface area contributed by atoms with Crippen LogP contribution in [0.2, 0.25) is 0 Å². The second kappa shape index (κ2) is 6.16. The molecule has 3 aromatic rings. The molecule has 24 heavy (non-hydrogen) atoms. The van der Waals surface area contributed by atoms with E-state index in [0.29, 0.717) is 25.9 Å². The number of hydrogen-bond donors (Lipinski definition) is 0. The Bertz CT molecular complexity index is 879. The fourth-order valence-corrected chi connectivity index (χ4v) is 3.78. The van der Waals surface area contributed by atoms with E-state index in [9.17, 15) is 9.59 Å². The molecule has 0 atom stereocenters. The summed E-state index contributed by atoms with van der Waals surface area (Å²) in [7, 11) is 0. The van der Waals surface area contributed by atoms with Gasteiger partial charge in [0.25, 0.3) is 11.8 Å². The molecule has 1 aromatic carbocycles. The summed E-state index contributed by atoms with van der Waals surface area (Å²) >= 11 is 1.45. The maximum atomic E-state index is 12.7. The summed E-state index contributed by atoms with van der Waals surface area (Å²) in [6, 6.07) is 11.2. The first-order chi connectivity index (χ1) is 11.7. The summed E-state index contributed by atoms with van der Waals surface area (Å²) in [6.07, 6.45) is 1.31. The highest BCUT2D eigenvalue weighted by atomic mass is 32.1. The Morgan fingerprint density at radius 1 is 1.08 bits per heavy atom. The summed E-state index contributed by atoms with van der Waals surface area (Å²) in [6.45, 7) is 1.19. The van der Waals surface area contributed by atoms with E-state index >= 15 is 0 Å². The first-order valence-electron chi connectivity index (χ1n) is 7.91. The number of carbonyl (C=O) groups is 2. The SMILES string of the molecule is O=C(c1cccs1)N1CCC(C(=O)n2nnc3ccccc32)CC1. The minimum absolute atomic E-state index is 0.0353. The highest BCUT2D eigenvalue weighted by Crippen LogP contribution is 2.23. The molecule has 0 N–H and O–H groups in total. The van der Waals surface area contributed by atoms with E-state index in [-0.39, 0.29) is 17.7 Å². The Labute approximate surface area is 142 Å². The van der Waals surface area contributed by atoms with Gasteiger partial charge in [-0.15, -0.1) is 16.4 Å². The Hall–Kier alpha value is -2.54. The summed E-state index contributed by atoms with van der Waals surface area (Å²) in [5.74, 6) is -0.100. The number of piperidine rings is 1. The summed E-state index contributed by atoms with van der Waals surface area (Å²) < 4.78 is 1.40. The molecular weight excluding hydrogens is 324 g/mol. The molecule has 1 aliphatic rings. The van der Waals surface area contributed by atoms with Crippen molar-refractivity contribution < 1.29 is 9.59 Å². The van der Waals surface area contributed by atoms with E-state index in [1.54, 1.807) is 0 Å². The van der Waals surface area contributed by atoms with Gasteiger partial charge in [-0.1, -0.05) is 23.4 Å². The summed E-state index contributed by atoms with van der Waals surface area (Å²) in [5, 5.41) is 9.95. The molecule has 0 aliphatic carbocycles. The van der Waals surface area contributed by atoms with Gasteiger partial charge >= 0.3 is 0 Å². The number of hydrogen-bond acceptors (Lipinski definition) is 5. The number of benzene rings is 1. The van der Waals surface area contributed by atoms with Gasteiger partial charge in [0, 0.05) is 19.0 Å². The molecule has 0 radical (unpaired) electrons. The van der Waals surface area contributed by atoms with Crippen LogP contribution in [-0.4, -0.2) is 44.8 Å². The number of likely N-dealkylation sites (tertiary alicyclic amines) is 1. The van der Waals surface area contributed by atoms with Crippen molar-refractivity contribution in [2.75, 3.05) is 13.1 Å². The molecule has 0 unspecified atom stereocenters. The summed E-state index contributed by atoms with van der Waals surface area (Å²) in [4.78, 5) is 27.7. The molecule has 6 nitrogen and oxygen atoms in total. The second-order valence-electron chi connectivity index (χ2n) is 5.87. The number of amides is 1. The standard InChI is InChI=1S/C17H16N4O2S/c22-16(21-14-5-2-1-4-13(14)18-19-21)12-7-9-20(10-8-12)17(23)15-6-3-11-24-15/h1-6,11-12H,7-10H2. The maximum Gasteiger partial charge on any atom is 0.263 e. The fourth-order valence-electron chi connectivity index (χ4n) is 3.09. The van der Waals surface area contributed by atoms with Gasteiger partial charge in [-0.25, -0.2) is 0 Å². The van der Waals surface area contributed by atoms with E-state index in [0.717, 1.165) is 15.9 Å². The molecule has 1 fully saturated rings. The van der Waals surface area contributed by atoms with Crippen LogP contribution < -0.4 is 0 Å². The van der Waals surface area contributed by atoms with Crippen molar-refractivity contribution in [2.45, 2.75) is 12.8 Å². The fraction of sp³-hybridized carbons (Fsp3) is 0.294. The zero-order valence-corrected chi connectivity index (χ0v) is 13.8. The van der Waals surface area contributed by atoms with Gasteiger partial charge < -0.3 is 4.90 Å². The lowest BCUT2D eigenvalue weighted by molar-refractivity contribution is 0.0618. The number of thiophene rings is 1. The van der Waals surface area contributed by atoms with Crippen LogP contribution in [0.1, 0.15) is 27.3 Å². The third-order valence-electron chi connectivity index (χ3n) is 4.42. The van der Waals surface area contributed by atoms with Gasteiger partial charge in [0.15, 0.2) is 0 Å². The van der Waals surface area contributed by atoms with Gasteiger partial charge in [-0.05, 0) is 36.4 Å². The highest BCUT2D eigenvalue weighted by molar-refractivity contribution is 7.12. The minimum atomic E-state index is -0.123. The third-order valence-corrected chi connectivity index (χ3v) is 5.28. The van der Waals surface area contributed by atoms with Crippen LogP contribution in [0, 0.1) is 5.92 Å².